The van der Waals surface area contributed by atoms with Gasteiger partial charge in [-0.3, -0.25) is 0 Å². The highest BCUT2D eigenvalue weighted by Crippen LogP contribution is 2.30. The number of hydrogen-bond donors (Lipinski definition) is 1. The van der Waals surface area contributed by atoms with Crippen LogP contribution >= 0.6 is 0 Å². The molecule has 0 bridgehead atoms. The van der Waals surface area contributed by atoms with Gasteiger partial charge in [0.1, 0.15) is 0 Å². The Morgan fingerprint density at radius 3 is 2.41 bits per heavy atom. The van der Waals surface area contributed by atoms with Gasteiger partial charge in [0.2, 0.25) is 0 Å². The van der Waals surface area contributed by atoms with E-state index in [9.17, 15) is 18.0 Å². The van der Waals surface area contributed by atoms with Gasteiger partial charge < -0.3 is 10.1 Å². The molecule has 3 nitrogen and oxygen atoms in total. The molecule has 0 unspecified atom stereocenters. The summed E-state index contributed by atoms with van der Waals surface area (Å²) < 4.78 is 41.7. The van der Waals surface area contributed by atoms with Crippen LogP contribution in [0.5, 0.6) is 0 Å². The molecule has 1 amide bonds. The van der Waals surface area contributed by atoms with Crippen molar-refractivity contribution in [2.45, 2.75) is 18.6 Å². The highest BCUT2D eigenvalue weighted by Gasteiger charge is 2.30. The molecule has 1 saturated heterocycles. The third-order valence-corrected chi connectivity index (χ3v) is 2.57. The molecule has 1 fully saturated rings. The van der Waals surface area contributed by atoms with E-state index in [1.807, 2.05) is 0 Å². The van der Waals surface area contributed by atoms with Crippen molar-refractivity contribution >= 4 is 6.09 Å². The fourth-order valence-electron chi connectivity index (χ4n) is 1.68. The van der Waals surface area contributed by atoms with Gasteiger partial charge in [0.15, 0.2) is 0 Å². The number of ether oxygens (including phenoxy) is 1. The summed E-state index contributed by atoms with van der Waals surface area (Å²) in [7, 11) is 0. The van der Waals surface area contributed by atoms with Crippen molar-refractivity contribution in [2.24, 2.45) is 0 Å². The van der Waals surface area contributed by atoms with Gasteiger partial charge in [-0.25, -0.2) is 4.79 Å². The molecule has 1 aromatic carbocycles. The molecule has 1 atom stereocenters. The summed E-state index contributed by atoms with van der Waals surface area (Å²) in [5, 5.41) is 2.55. The summed E-state index contributed by atoms with van der Waals surface area (Å²) in [6, 6.07) is 4.49. The Morgan fingerprint density at radius 1 is 1.24 bits per heavy atom. The van der Waals surface area contributed by atoms with Gasteiger partial charge in [0.05, 0.1) is 18.2 Å². The van der Waals surface area contributed by atoms with Gasteiger partial charge >= 0.3 is 12.3 Å². The molecule has 1 N–H and O–H groups in total. The second-order valence-electron chi connectivity index (χ2n) is 3.74. The van der Waals surface area contributed by atoms with Gasteiger partial charge in [0.25, 0.3) is 0 Å². The standard InChI is InChI=1S/C11H10F3NO2/c12-11(13,14)8-3-1-7(2-4-8)9-5-6-17-10(16)15-9/h1-4,9H,5-6H2,(H,15,16)/t9-/m1/s1. The van der Waals surface area contributed by atoms with E-state index in [-0.39, 0.29) is 12.6 Å². The largest absolute Gasteiger partial charge is 0.449 e. The quantitative estimate of drug-likeness (QED) is 0.826. The van der Waals surface area contributed by atoms with Crippen LogP contribution < -0.4 is 5.32 Å². The van der Waals surface area contributed by atoms with Gasteiger partial charge in [-0.2, -0.15) is 13.2 Å². The fourth-order valence-corrected chi connectivity index (χ4v) is 1.68. The number of halogens is 3. The van der Waals surface area contributed by atoms with Crippen LogP contribution in [-0.4, -0.2) is 12.7 Å². The van der Waals surface area contributed by atoms with Gasteiger partial charge in [-0.05, 0) is 17.7 Å². The smallest absolute Gasteiger partial charge is 0.416 e. The monoisotopic (exact) mass is 245 g/mol. The third-order valence-electron chi connectivity index (χ3n) is 2.57. The number of carbonyl (C=O) groups is 1. The normalized spacial score (nSPS) is 20.6. The topological polar surface area (TPSA) is 38.3 Å². The molecule has 0 aromatic heterocycles. The van der Waals surface area contributed by atoms with Crippen molar-refractivity contribution in [1.29, 1.82) is 0 Å². The van der Waals surface area contributed by atoms with Crippen molar-refractivity contribution in [3.8, 4) is 0 Å². The molecule has 1 heterocycles. The van der Waals surface area contributed by atoms with Crippen molar-refractivity contribution in [1.82, 2.24) is 5.32 Å². The fraction of sp³-hybridized carbons (Fsp3) is 0.364. The summed E-state index contributed by atoms with van der Waals surface area (Å²) in [6.45, 7) is 0.275. The number of rotatable bonds is 1. The van der Waals surface area contributed by atoms with E-state index in [1.54, 1.807) is 0 Å². The molecule has 0 aliphatic carbocycles. The highest BCUT2D eigenvalue weighted by molar-refractivity contribution is 5.68. The average molecular weight is 245 g/mol. The maximum atomic E-state index is 12.3. The van der Waals surface area contributed by atoms with Crippen LogP contribution in [0.1, 0.15) is 23.6 Å². The van der Waals surface area contributed by atoms with Crippen molar-refractivity contribution < 1.29 is 22.7 Å². The number of alkyl carbamates (subject to hydrolysis) is 1. The molecule has 17 heavy (non-hydrogen) atoms. The minimum atomic E-state index is -4.34. The lowest BCUT2D eigenvalue weighted by Crippen LogP contribution is -2.35. The molecule has 1 aliphatic heterocycles. The Labute approximate surface area is 95.6 Å². The number of carbonyl (C=O) groups excluding carboxylic acids is 1. The first-order valence-corrected chi connectivity index (χ1v) is 5.07. The van der Waals surface area contributed by atoms with Crippen LogP contribution in [0.25, 0.3) is 0 Å². The third kappa shape index (κ3) is 2.69. The summed E-state index contributed by atoms with van der Waals surface area (Å²) in [4.78, 5) is 11.0. The molecule has 0 spiro atoms. The Hall–Kier alpha value is -1.72. The van der Waals surface area contributed by atoms with Crippen LogP contribution in [0.15, 0.2) is 24.3 Å². The second-order valence-corrected chi connectivity index (χ2v) is 3.74. The van der Waals surface area contributed by atoms with E-state index in [0.717, 1.165) is 12.1 Å². The zero-order valence-corrected chi connectivity index (χ0v) is 8.75. The van der Waals surface area contributed by atoms with Crippen LogP contribution in [-0.2, 0) is 10.9 Å². The zero-order valence-electron chi connectivity index (χ0n) is 8.75. The summed E-state index contributed by atoms with van der Waals surface area (Å²) in [6.07, 6.45) is -4.32. The Bertz CT molecular complexity index is 414. The lowest BCUT2D eigenvalue weighted by Gasteiger charge is -2.23. The Balaban J connectivity index is 2.15. The number of benzene rings is 1. The zero-order chi connectivity index (χ0) is 12.5. The lowest BCUT2D eigenvalue weighted by atomic mass is 10.0. The number of amides is 1. The van der Waals surface area contributed by atoms with Gasteiger partial charge in [-0.1, -0.05) is 12.1 Å². The van der Waals surface area contributed by atoms with E-state index >= 15 is 0 Å². The van der Waals surface area contributed by atoms with E-state index in [2.05, 4.69) is 10.1 Å². The predicted octanol–water partition coefficient (Wildman–Crippen LogP) is 2.88. The second kappa shape index (κ2) is 4.27. The SMILES string of the molecule is O=C1N[C@@H](c2ccc(C(F)(F)F)cc2)CCO1. The number of hydrogen-bond acceptors (Lipinski definition) is 2. The van der Waals surface area contributed by atoms with Gasteiger partial charge in [-0.15, -0.1) is 0 Å². The molecule has 0 radical (unpaired) electrons. The summed E-state index contributed by atoms with van der Waals surface area (Å²) in [5.41, 5.74) is -0.0470. The van der Waals surface area contributed by atoms with Gasteiger partial charge in [0, 0.05) is 6.42 Å². The first kappa shape index (κ1) is 11.8. The minimum absolute atomic E-state index is 0.275. The van der Waals surface area contributed by atoms with E-state index in [0.29, 0.717) is 12.0 Å². The molecule has 92 valence electrons. The van der Waals surface area contributed by atoms with Crippen molar-refractivity contribution in [2.75, 3.05) is 6.61 Å². The first-order valence-electron chi connectivity index (χ1n) is 5.07. The number of nitrogens with one attached hydrogen (secondary N) is 1. The van der Waals surface area contributed by atoms with Crippen LogP contribution in [0.4, 0.5) is 18.0 Å². The minimum Gasteiger partial charge on any atom is -0.449 e. The van der Waals surface area contributed by atoms with E-state index in [4.69, 9.17) is 0 Å². The molecular weight excluding hydrogens is 235 g/mol. The number of cyclic esters (lactones) is 1. The molecule has 0 saturated carbocycles. The van der Waals surface area contributed by atoms with E-state index in [1.165, 1.54) is 12.1 Å². The molecule has 1 aliphatic rings. The van der Waals surface area contributed by atoms with Crippen LogP contribution in [0.2, 0.25) is 0 Å². The van der Waals surface area contributed by atoms with Crippen molar-refractivity contribution in [3.05, 3.63) is 35.4 Å². The van der Waals surface area contributed by atoms with Crippen molar-refractivity contribution in [3.63, 3.8) is 0 Å². The molecule has 6 heteroatoms. The van der Waals surface area contributed by atoms with E-state index < -0.39 is 17.8 Å². The Morgan fingerprint density at radius 2 is 1.88 bits per heavy atom. The average Bonchev–Trinajstić information content (AvgIpc) is 2.28. The first-order chi connectivity index (χ1) is 7.97. The van der Waals surface area contributed by atoms with Crippen LogP contribution in [0, 0.1) is 0 Å². The maximum absolute atomic E-state index is 12.3. The number of alkyl halides is 3. The molecular formula is C11H10F3NO2. The lowest BCUT2D eigenvalue weighted by molar-refractivity contribution is -0.137. The summed E-state index contributed by atoms with van der Waals surface area (Å²) in [5.74, 6) is 0. The maximum Gasteiger partial charge on any atom is 0.416 e. The highest BCUT2D eigenvalue weighted by atomic mass is 19.4. The predicted molar refractivity (Wildman–Crippen MR) is 53.3 cm³/mol. The molecule has 1 aromatic rings. The van der Waals surface area contributed by atoms with Crippen LogP contribution in [0.3, 0.4) is 0 Å². The summed E-state index contributed by atoms with van der Waals surface area (Å²) >= 11 is 0. The Kier molecular flexibility index (Phi) is 2.95. The molecule has 2 rings (SSSR count).